The van der Waals surface area contributed by atoms with E-state index < -0.39 is 5.97 Å². The minimum absolute atomic E-state index is 0.0108. The van der Waals surface area contributed by atoms with Gasteiger partial charge < -0.3 is 20.1 Å². The van der Waals surface area contributed by atoms with Crippen LogP contribution in [0.15, 0.2) is 30.3 Å². The zero-order chi connectivity index (χ0) is 20.7. The number of methoxy groups -OCH3 is 2. The quantitative estimate of drug-likeness (QED) is 0.639. The van der Waals surface area contributed by atoms with E-state index in [1.165, 1.54) is 7.11 Å². The Morgan fingerprint density at radius 1 is 1.18 bits per heavy atom. The van der Waals surface area contributed by atoms with Gasteiger partial charge in [0.25, 0.3) is 0 Å². The van der Waals surface area contributed by atoms with Crippen molar-refractivity contribution >= 4 is 23.4 Å². The number of nitrogens with zero attached hydrogens (tertiary/aromatic N) is 2. The summed E-state index contributed by atoms with van der Waals surface area (Å²) in [5, 5.41) is 6.60. The predicted octanol–water partition coefficient (Wildman–Crippen LogP) is 4.64. The molecule has 28 heavy (non-hydrogen) atoms. The van der Waals surface area contributed by atoms with E-state index in [2.05, 4.69) is 48.3 Å². The van der Waals surface area contributed by atoms with Crippen LogP contribution in [0.3, 0.4) is 0 Å². The Hall–Kier alpha value is -2.83. The lowest BCUT2D eigenvalue weighted by Gasteiger charge is -2.31. The fourth-order valence-electron chi connectivity index (χ4n) is 2.84. The number of ether oxygens (including phenoxy) is 2. The van der Waals surface area contributed by atoms with E-state index in [-0.39, 0.29) is 17.2 Å². The molecule has 0 aliphatic rings. The highest BCUT2D eigenvalue weighted by molar-refractivity contribution is 5.88. The monoisotopic (exact) mass is 386 g/mol. The van der Waals surface area contributed by atoms with Gasteiger partial charge in [0, 0.05) is 12.1 Å². The Labute approximate surface area is 166 Å². The number of rotatable bonds is 8. The molecule has 1 atom stereocenters. The molecule has 0 fully saturated rings. The van der Waals surface area contributed by atoms with Crippen LogP contribution in [0.2, 0.25) is 0 Å². The molecule has 0 aliphatic carbocycles. The van der Waals surface area contributed by atoms with Gasteiger partial charge >= 0.3 is 5.97 Å². The number of esters is 1. The van der Waals surface area contributed by atoms with Crippen molar-refractivity contribution < 1.29 is 14.3 Å². The molecule has 1 unspecified atom stereocenters. The van der Waals surface area contributed by atoms with Crippen molar-refractivity contribution in [1.82, 2.24) is 9.97 Å². The Morgan fingerprint density at radius 2 is 1.89 bits per heavy atom. The number of nitrogens with one attached hydrogen (secondary N) is 2. The van der Waals surface area contributed by atoms with Crippen molar-refractivity contribution in [3.8, 4) is 5.75 Å². The van der Waals surface area contributed by atoms with Crippen molar-refractivity contribution in [2.75, 3.05) is 24.9 Å². The summed E-state index contributed by atoms with van der Waals surface area (Å²) in [7, 11) is 2.94. The van der Waals surface area contributed by atoms with Gasteiger partial charge in [-0.3, -0.25) is 0 Å². The van der Waals surface area contributed by atoms with Gasteiger partial charge in [-0.25, -0.2) is 9.78 Å². The van der Waals surface area contributed by atoms with Crippen LogP contribution in [0.5, 0.6) is 5.75 Å². The molecule has 1 aromatic heterocycles. The predicted molar refractivity (Wildman–Crippen MR) is 111 cm³/mol. The first-order valence-electron chi connectivity index (χ1n) is 9.42. The Kier molecular flexibility index (Phi) is 7.20. The van der Waals surface area contributed by atoms with Crippen molar-refractivity contribution in [3.05, 3.63) is 36.0 Å². The van der Waals surface area contributed by atoms with Gasteiger partial charge in [-0.15, -0.1) is 0 Å². The van der Waals surface area contributed by atoms with Crippen LogP contribution in [0, 0.1) is 5.41 Å². The lowest BCUT2D eigenvalue weighted by Crippen LogP contribution is -2.34. The highest BCUT2D eigenvalue weighted by atomic mass is 16.5. The number of anilines is 3. The second-order valence-electron chi connectivity index (χ2n) is 7.63. The molecule has 0 bridgehead atoms. The van der Waals surface area contributed by atoms with E-state index in [1.54, 1.807) is 13.2 Å². The topological polar surface area (TPSA) is 85.4 Å². The molecule has 1 aromatic carbocycles. The first-order valence-corrected chi connectivity index (χ1v) is 9.42. The van der Waals surface area contributed by atoms with Crippen LogP contribution in [0.4, 0.5) is 17.5 Å². The second kappa shape index (κ2) is 9.39. The smallest absolute Gasteiger partial charge is 0.356 e. The minimum Gasteiger partial charge on any atom is -0.495 e. The molecule has 2 N–H and O–H groups in total. The van der Waals surface area contributed by atoms with Crippen LogP contribution in [0.25, 0.3) is 0 Å². The third-order valence-corrected chi connectivity index (χ3v) is 4.42. The van der Waals surface area contributed by atoms with Crippen molar-refractivity contribution in [2.24, 2.45) is 5.41 Å². The number of hydrogen-bond acceptors (Lipinski definition) is 7. The van der Waals surface area contributed by atoms with Gasteiger partial charge in [0.05, 0.1) is 19.9 Å². The molecule has 0 saturated carbocycles. The maximum atomic E-state index is 12.1. The zero-order valence-corrected chi connectivity index (χ0v) is 17.5. The summed E-state index contributed by atoms with van der Waals surface area (Å²) in [6, 6.07) is 9.22. The Morgan fingerprint density at radius 3 is 2.50 bits per heavy atom. The fraction of sp³-hybridized carbons (Fsp3) is 0.476. The largest absolute Gasteiger partial charge is 0.495 e. The highest BCUT2D eigenvalue weighted by Gasteiger charge is 2.25. The third-order valence-electron chi connectivity index (χ3n) is 4.42. The van der Waals surface area contributed by atoms with E-state index in [4.69, 9.17) is 9.47 Å². The molecule has 0 aliphatic heterocycles. The maximum Gasteiger partial charge on any atom is 0.356 e. The van der Waals surface area contributed by atoms with Gasteiger partial charge in [-0.2, -0.15) is 4.98 Å². The summed E-state index contributed by atoms with van der Waals surface area (Å²) in [4.78, 5) is 21.0. The summed E-state index contributed by atoms with van der Waals surface area (Å²) in [6.45, 7) is 8.64. The average molecular weight is 386 g/mol. The molecular formula is C21H30N4O3. The van der Waals surface area contributed by atoms with E-state index in [9.17, 15) is 4.79 Å². The summed E-state index contributed by atoms with van der Waals surface area (Å²) in [6.07, 6.45) is 1.99. The SMILES string of the molecule is CCCC(Nc1nc(Nc2ccccc2OC)cc(C(=O)OC)n1)C(C)(C)C. The number of benzene rings is 1. The number of carbonyl (C=O) groups excluding carboxylic acids is 1. The third kappa shape index (κ3) is 5.58. The van der Waals surface area contributed by atoms with E-state index in [0.717, 1.165) is 18.5 Å². The van der Waals surface area contributed by atoms with Crippen LogP contribution in [0.1, 0.15) is 51.0 Å². The van der Waals surface area contributed by atoms with Crippen LogP contribution >= 0.6 is 0 Å². The summed E-state index contributed by atoms with van der Waals surface area (Å²) >= 11 is 0. The molecule has 0 amide bonds. The van der Waals surface area contributed by atoms with Gasteiger partial charge in [-0.1, -0.05) is 46.2 Å². The van der Waals surface area contributed by atoms with Crippen LogP contribution < -0.4 is 15.4 Å². The number of hydrogen-bond donors (Lipinski definition) is 2. The second-order valence-corrected chi connectivity index (χ2v) is 7.63. The summed E-state index contributed by atoms with van der Waals surface area (Å²) < 4.78 is 10.2. The summed E-state index contributed by atoms with van der Waals surface area (Å²) in [5.74, 6) is 1.02. The van der Waals surface area contributed by atoms with E-state index >= 15 is 0 Å². The maximum absolute atomic E-state index is 12.1. The molecular weight excluding hydrogens is 356 g/mol. The molecule has 1 heterocycles. The minimum atomic E-state index is -0.517. The van der Waals surface area contributed by atoms with Crippen molar-refractivity contribution in [2.45, 2.75) is 46.6 Å². The zero-order valence-electron chi connectivity index (χ0n) is 17.5. The molecule has 2 rings (SSSR count). The molecule has 0 spiro atoms. The average Bonchev–Trinajstić information content (AvgIpc) is 2.66. The number of carbonyl (C=O) groups is 1. The molecule has 7 heteroatoms. The Bertz CT molecular complexity index is 802. The van der Waals surface area contributed by atoms with Crippen molar-refractivity contribution in [3.63, 3.8) is 0 Å². The first-order chi connectivity index (χ1) is 13.3. The lowest BCUT2D eigenvalue weighted by atomic mass is 9.84. The van der Waals surface area contributed by atoms with Crippen LogP contribution in [-0.2, 0) is 4.74 Å². The normalized spacial score (nSPS) is 12.2. The van der Waals surface area contributed by atoms with Crippen molar-refractivity contribution in [1.29, 1.82) is 0 Å². The van der Waals surface area contributed by atoms with Crippen LogP contribution in [-0.4, -0.2) is 36.2 Å². The van der Waals surface area contributed by atoms with Gasteiger partial charge in [0.1, 0.15) is 11.6 Å². The summed E-state index contributed by atoms with van der Waals surface area (Å²) in [5.41, 5.74) is 0.935. The highest BCUT2D eigenvalue weighted by Crippen LogP contribution is 2.29. The number of para-hydroxylation sites is 2. The van der Waals surface area contributed by atoms with Gasteiger partial charge in [0.15, 0.2) is 5.69 Å². The molecule has 0 saturated heterocycles. The van der Waals surface area contributed by atoms with Gasteiger partial charge in [-0.05, 0) is 24.0 Å². The van der Waals surface area contributed by atoms with E-state index in [1.807, 2.05) is 24.3 Å². The lowest BCUT2D eigenvalue weighted by molar-refractivity contribution is 0.0594. The van der Waals surface area contributed by atoms with Gasteiger partial charge in [0.2, 0.25) is 5.95 Å². The fourth-order valence-corrected chi connectivity index (χ4v) is 2.84. The standard InChI is InChI=1S/C21H30N4O3/c1-7-10-17(21(2,3)4)24-20-23-15(19(26)28-6)13-18(25-20)22-14-11-8-9-12-16(14)27-5/h8-9,11-13,17H,7,10H2,1-6H3,(H2,22,23,24,25). The molecule has 2 aromatic rings. The molecule has 7 nitrogen and oxygen atoms in total. The first kappa shape index (κ1) is 21.5. The molecule has 152 valence electrons. The number of aromatic nitrogens is 2. The molecule has 0 radical (unpaired) electrons. The van der Waals surface area contributed by atoms with E-state index in [0.29, 0.717) is 17.5 Å². The Balaban J connectivity index is 2.40.